The number of piperidine rings is 1. The van der Waals surface area contributed by atoms with E-state index in [2.05, 4.69) is 65.7 Å². The second-order valence-electron chi connectivity index (χ2n) is 6.98. The highest BCUT2D eigenvalue weighted by Gasteiger charge is 2.10. The molecule has 0 saturated carbocycles. The molecule has 0 aromatic heterocycles. The zero-order chi connectivity index (χ0) is 17.5. The van der Waals surface area contributed by atoms with E-state index < -0.39 is 0 Å². The summed E-state index contributed by atoms with van der Waals surface area (Å²) in [6.45, 7) is 5.00. The summed E-state index contributed by atoms with van der Waals surface area (Å²) in [4.78, 5) is 14.5. The Labute approximate surface area is 151 Å². The van der Waals surface area contributed by atoms with Gasteiger partial charge in [0.05, 0.1) is 0 Å². The third-order valence-electron chi connectivity index (χ3n) is 4.91. The maximum absolute atomic E-state index is 12.1. The summed E-state index contributed by atoms with van der Waals surface area (Å²) in [5, 5.41) is 3.03. The molecule has 2 aromatic rings. The van der Waals surface area contributed by atoms with Crippen LogP contribution in [-0.2, 0) is 17.8 Å². The Morgan fingerprint density at radius 2 is 1.56 bits per heavy atom. The van der Waals surface area contributed by atoms with Crippen molar-refractivity contribution in [2.45, 2.75) is 45.6 Å². The quantitative estimate of drug-likeness (QED) is 0.856. The van der Waals surface area contributed by atoms with E-state index in [1.54, 1.807) is 0 Å². The summed E-state index contributed by atoms with van der Waals surface area (Å²) in [5.41, 5.74) is 4.92. The number of benzene rings is 2. The van der Waals surface area contributed by atoms with E-state index in [4.69, 9.17) is 0 Å². The highest BCUT2D eigenvalue weighted by molar-refractivity contribution is 5.76. The number of amides is 1. The Morgan fingerprint density at radius 3 is 2.24 bits per heavy atom. The molecule has 0 aliphatic carbocycles. The van der Waals surface area contributed by atoms with Gasteiger partial charge in [0, 0.05) is 31.7 Å². The molecule has 132 valence electrons. The van der Waals surface area contributed by atoms with Crippen molar-refractivity contribution in [3.63, 3.8) is 0 Å². The Kier molecular flexibility index (Phi) is 6.10. The van der Waals surface area contributed by atoms with Gasteiger partial charge >= 0.3 is 0 Å². The molecular formula is C22H28N2O. The third kappa shape index (κ3) is 5.35. The molecule has 25 heavy (non-hydrogen) atoms. The molecule has 3 nitrogen and oxygen atoms in total. The molecule has 1 heterocycles. The SMILES string of the molecule is Cc1ccc(CCC(=O)NCc2ccc(N3CCCCC3)cc2)cc1. The molecule has 0 atom stereocenters. The van der Waals surface area contributed by atoms with Crippen LogP contribution in [0.1, 0.15) is 42.4 Å². The van der Waals surface area contributed by atoms with Crippen LogP contribution in [0.3, 0.4) is 0 Å². The van der Waals surface area contributed by atoms with E-state index >= 15 is 0 Å². The van der Waals surface area contributed by atoms with Crippen LogP contribution < -0.4 is 10.2 Å². The van der Waals surface area contributed by atoms with Crippen LogP contribution in [0.4, 0.5) is 5.69 Å². The fraction of sp³-hybridized carbons (Fsp3) is 0.409. The molecule has 3 rings (SSSR count). The van der Waals surface area contributed by atoms with Crippen LogP contribution in [0.15, 0.2) is 48.5 Å². The van der Waals surface area contributed by atoms with E-state index in [0.717, 1.165) is 25.1 Å². The number of carbonyl (C=O) groups excluding carboxylic acids is 1. The number of nitrogens with one attached hydrogen (secondary N) is 1. The Bertz CT molecular complexity index is 670. The third-order valence-corrected chi connectivity index (χ3v) is 4.91. The predicted molar refractivity (Wildman–Crippen MR) is 104 cm³/mol. The minimum atomic E-state index is 0.112. The molecule has 1 aliphatic heterocycles. The zero-order valence-electron chi connectivity index (χ0n) is 15.1. The van der Waals surface area contributed by atoms with Gasteiger partial charge in [-0.1, -0.05) is 42.0 Å². The van der Waals surface area contributed by atoms with E-state index in [-0.39, 0.29) is 5.91 Å². The second-order valence-corrected chi connectivity index (χ2v) is 6.98. The normalized spacial score (nSPS) is 14.4. The Hall–Kier alpha value is -2.29. The molecule has 0 bridgehead atoms. The first-order chi connectivity index (χ1) is 12.2. The van der Waals surface area contributed by atoms with E-state index in [0.29, 0.717) is 13.0 Å². The average Bonchev–Trinajstić information content (AvgIpc) is 2.67. The fourth-order valence-electron chi connectivity index (χ4n) is 3.28. The first-order valence-corrected chi connectivity index (χ1v) is 9.37. The van der Waals surface area contributed by atoms with Crippen molar-refractivity contribution in [3.8, 4) is 0 Å². The molecular weight excluding hydrogens is 308 g/mol. The van der Waals surface area contributed by atoms with Gasteiger partial charge in [0.1, 0.15) is 0 Å². The number of hydrogen-bond acceptors (Lipinski definition) is 2. The molecule has 0 radical (unpaired) electrons. The first kappa shape index (κ1) is 17.5. The average molecular weight is 336 g/mol. The van der Waals surface area contributed by atoms with E-state index in [9.17, 15) is 4.79 Å². The molecule has 1 aliphatic rings. The largest absolute Gasteiger partial charge is 0.372 e. The van der Waals surface area contributed by atoms with Gasteiger partial charge in [-0.3, -0.25) is 4.79 Å². The Balaban J connectivity index is 1.43. The van der Waals surface area contributed by atoms with E-state index in [1.807, 2.05) is 0 Å². The van der Waals surface area contributed by atoms with Gasteiger partial charge in [0.25, 0.3) is 0 Å². The molecule has 1 saturated heterocycles. The van der Waals surface area contributed by atoms with Gasteiger partial charge in [0.15, 0.2) is 0 Å². The number of aryl methyl sites for hydroxylation is 2. The topological polar surface area (TPSA) is 32.3 Å². The van der Waals surface area contributed by atoms with Crippen molar-refractivity contribution in [1.29, 1.82) is 0 Å². The lowest BCUT2D eigenvalue weighted by Gasteiger charge is -2.28. The molecule has 1 fully saturated rings. The molecule has 1 amide bonds. The molecule has 1 N–H and O–H groups in total. The van der Waals surface area contributed by atoms with Crippen LogP contribution in [-0.4, -0.2) is 19.0 Å². The smallest absolute Gasteiger partial charge is 0.220 e. The van der Waals surface area contributed by atoms with Crippen molar-refractivity contribution in [1.82, 2.24) is 5.32 Å². The molecule has 3 heteroatoms. The number of anilines is 1. The van der Waals surface area contributed by atoms with Crippen molar-refractivity contribution >= 4 is 11.6 Å². The van der Waals surface area contributed by atoms with Gasteiger partial charge < -0.3 is 10.2 Å². The highest BCUT2D eigenvalue weighted by atomic mass is 16.1. The van der Waals surface area contributed by atoms with E-state index in [1.165, 1.54) is 36.1 Å². The van der Waals surface area contributed by atoms with Gasteiger partial charge in [-0.05, 0) is 55.9 Å². The first-order valence-electron chi connectivity index (χ1n) is 9.37. The summed E-state index contributed by atoms with van der Waals surface area (Å²) >= 11 is 0. The number of rotatable bonds is 6. The van der Waals surface area contributed by atoms with Crippen molar-refractivity contribution in [3.05, 3.63) is 65.2 Å². The second kappa shape index (κ2) is 8.70. The highest BCUT2D eigenvalue weighted by Crippen LogP contribution is 2.20. The van der Waals surface area contributed by atoms with Gasteiger partial charge in [-0.15, -0.1) is 0 Å². The van der Waals surface area contributed by atoms with Gasteiger partial charge in [-0.25, -0.2) is 0 Å². The van der Waals surface area contributed by atoms with Gasteiger partial charge in [-0.2, -0.15) is 0 Å². The molecule has 2 aromatic carbocycles. The summed E-state index contributed by atoms with van der Waals surface area (Å²) in [5.74, 6) is 0.112. The van der Waals surface area contributed by atoms with Crippen molar-refractivity contribution in [2.75, 3.05) is 18.0 Å². The molecule has 0 spiro atoms. The van der Waals surface area contributed by atoms with Crippen molar-refractivity contribution in [2.24, 2.45) is 0 Å². The maximum atomic E-state index is 12.1. The zero-order valence-corrected chi connectivity index (χ0v) is 15.1. The number of carbonyl (C=O) groups is 1. The minimum Gasteiger partial charge on any atom is -0.372 e. The predicted octanol–water partition coefficient (Wildman–Crippen LogP) is 4.23. The minimum absolute atomic E-state index is 0.112. The Morgan fingerprint density at radius 1 is 0.920 bits per heavy atom. The van der Waals surface area contributed by atoms with Gasteiger partial charge in [0.2, 0.25) is 5.91 Å². The van der Waals surface area contributed by atoms with Crippen LogP contribution in [0.5, 0.6) is 0 Å². The number of hydrogen-bond donors (Lipinski definition) is 1. The van der Waals surface area contributed by atoms with Crippen molar-refractivity contribution < 1.29 is 4.79 Å². The summed E-state index contributed by atoms with van der Waals surface area (Å²) in [7, 11) is 0. The lowest BCUT2D eigenvalue weighted by Crippen LogP contribution is -2.29. The number of nitrogens with zero attached hydrogens (tertiary/aromatic N) is 1. The summed E-state index contributed by atoms with van der Waals surface area (Å²) in [6, 6.07) is 17.0. The standard InChI is InChI=1S/C22H28N2O/c1-18-5-7-19(8-6-18)11-14-22(25)23-17-20-9-12-21(13-10-20)24-15-3-2-4-16-24/h5-10,12-13H,2-4,11,14-17H2,1H3,(H,23,25). The van der Waals surface area contributed by atoms with Crippen LogP contribution in [0, 0.1) is 6.92 Å². The summed E-state index contributed by atoms with van der Waals surface area (Å²) in [6.07, 6.45) is 5.26. The monoisotopic (exact) mass is 336 g/mol. The van der Waals surface area contributed by atoms with Crippen LogP contribution >= 0.6 is 0 Å². The fourth-order valence-corrected chi connectivity index (χ4v) is 3.28. The lowest BCUT2D eigenvalue weighted by atomic mass is 10.1. The van der Waals surface area contributed by atoms with Crippen LogP contribution in [0.2, 0.25) is 0 Å². The maximum Gasteiger partial charge on any atom is 0.220 e. The molecule has 0 unspecified atom stereocenters. The lowest BCUT2D eigenvalue weighted by molar-refractivity contribution is -0.121. The van der Waals surface area contributed by atoms with Crippen LogP contribution in [0.25, 0.3) is 0 Å². The summed E-state index contributed by atoms with van der Waals surface area (Å²) < 4.78 is 0.